The van der Waals surface area contributed by atoms with Gasteiger partial charge in [0.15, 0.2) is 0 Å². The molecule has 3 aromatic rings. The van der Waals surface area contributed by atoms with Crippen LogP contribution in [0.4, 0.5) is 0 Å². The summed E-state index contributed by atoms with van der Waals surface area (Å²) in [6, 6.07) is 8.40. The van der Waals surface area contributed by atoms with Crippen molar-refractivity contribution in [2.75, 3.05) is 26.2 Å². The van der Waals surface area contributed by atoms with Crippen molar-refractivity contribution < 1.29 is 4.79 Å². The molecule has 6 heteroatoms. The fourth-order valence-corrected chi connectivity index (χ4v) is 4.49. The molecule has 1 saturated heterocycles. The lowest BCUT2D eigenvalue weighted by Crippen LogP contribution is -2.48. The van der Waals surface area contributed by atoms with Crippen LogP contribution in [-0.4, -0.2) is 51.4 Å². The first-order chi connectivity index (χ1) is 13.1. The standard InChI is InChI=1S/C21H26N4OS/c1-16-22-18(15-27-16)14-24-9-11-25(12-10-24)21(26)8-7-17-13-23(2)20-6-4-3-5-19(17)20/h3-6,13,15H,7-12,14H2,1-2H3. The fraction of sp³-hybridized carbons (Fsp3) is 0.429. The predicted octanol–water partition coefficient (Wildman–Crippen LogP) is 3.22. The summed E-state index contributed by atoms with van der Waals surface area (Å²) in [6.45, 7) is 6.42. The normalized spacial score (nSPS) is 15.6. The number of nitrogens with zero attached hydrogens (tertiary/aromatic N) is 4. The van der Waals surface area contributed by atoms with E-state index in [1.165, 1.54) is 16.5 Å². The Kier molecular flexibility index (Phi) is 5.27. The van der Waals surface area contributed by atoms with Gasteiger partial charge < -0.3 is 9.47 Å². The molecule has 1 fully saturated rings. The van der Waals surface area contributed by atoms with E-state index >= 15 is 0 Å². The average Bonchev–Trinajstić information content (AvgIpc) is 3.23. The minimum atomic E-state index is 0.270. The quantitative estimate of drug-likeness (QED) is 0.680. The third kappa shape index (κ3) is 4.06. The molecule has 0 unspecified atom stereocenters. The number of hydrogen-bond acceptors (Lipinski definition) is 4. The maximum Gasteiger partial charge on any atom is 0.222 e. The van der Waals surface area contributed by atoms with E-state index in [1.54, 1.807) is 11.3 Å². The molecule has 3 heterocycles. The van der Waals surface area contributed by atoms with Crippen LogP contribution in [0, 0.1) is 6.92 Å². The van der Waals surface area contributed by atoms with Crippen LogP contribution >= 0.6 is 11.3 Å². The summed E-state index contributed by atoms with van der Waals surface area (Å²) in [4.78, 5) is 21.6. The number of para-hydroxylation sites is 1. The number of carbonyl (C=O) groups is 1. The zero-order chi connectivity index (χ0) is 18.8. The number of fused-ring (bicyclic) bond motifs is 1. The van der Waals surface area contributed by atoms with Gasteiger partial charge in [-0.3, -0.25) is 9.69 Å². The Morgan fingerprint density at radius 3 is 2.70 bits per heavy atom. The summed E-state index contributed by atoms with van der Waals surface area (Å²) in [5.74, 6) is 0.270. The third-order valence-electron chi connectivity index (χ3n) is 5.36. The van der Waals surface area contributed by atoms with Gasteiger partial charge in [0.05, 0.1) is 10.7 Å². The molecule has 1 aromatic carbocycles. The Balaban J connectivity index is 1.29. The fourth-order valence-electron chi connectivity index (χ4n) is 3.89. The van der Waals surface area contributed by atoms with Crippen LogP contribution in [0.25, 0.3) is 10.9 Å². The lowest BCUT2D eigenvalue weighted by Gasteiger charge is -2.34. The zero-order valence-corrected chi connectivity index (χ0v) is 16.8. The summed E-state index contributed by atoms with van der Waals surface area (Å²) < 4.78 is 2.15. The number of piperazine rings is 1. The average molecular weight is 383 g/mol. The van der Waals surface area contributed by atoms with Crippen molar-refractivity contribution in [1.82, 2.24) is 19.4 Å². The van der Waals surface area contributed by atoms with Crippen LogP contribution in [0.3, 0.4) is 0 Å². The highest BCUT2D eigenvalue weighted by Crippen LogP contribution is 2.22. The Morgan fingerprint density at radius 1 is 1.19 bits per heavy atom. The molecule has 1 amide bonds. The molecule has 1 aliphatic heterocycles. The first-order valence-corrected chi connectivity index (χ1v) is 10.4. The highest BCUT2D eigenvalue weighted by atomic mass is 32.1. The van der Waals surface area contributed by atoms with E-state index in [4.69, 9.17) is 0 Å². The van der Waals surface area contributed by atoms with Crippen LogP contribution in [0.5, 0.6) is 0 Å². The molecular weight excluding hydrogens is 356 g/mol. The number of hydrogen-bond donors (Lipinski definition) is 0. The lowest BCUT2D eigenvalue weighted by atomic mass is 10.1. The second-order valence-electron chi connectivity index (χ2n) is 7.30. The third-order valence-corrected chi connectivity index (χ3v) is 6.19. The summed E-state index contributed by atoms with van der Waals surface area (Å²) in [5, 5.41) is 4.51. The van der Waals surface area contributed by atoms with Gasteiger partial charge in [-0.15, -0.1) is 11.3 Å². The number of carbonyl (C=O) groups excluding carboxylic acids is 1. The van der Waals surface area contributed by atoms with E-state index in [9.17, 15) is 4.79 Å². The molecule has 2 aromatic heterocycles. The van der Waals surface area contributed by atoms with E-state index in [0.29, 0.717) is 6.42 Å². The molecule has 0 N–H and O–H groups in total. The number of thiazole rings is 1. The number of rotatable bonds is 5. The van der Waals surface area contributed by atoms with Crippen molar-refractivity contribution >= 4 is 28.1 Å². The Hall–Kier alpha value is -2.18. The second-order valence-corrected chi connectivity index (χ2v) is 8.36. The minimum Gasteiger partial charge on any atom is -0.350 e. The summed E-state index contributed by atoms with van der Waals surface area (Å²) in [7, 11) is 2.07. The van der Waals surface area contributed by atoms with Crippen molar-refractivity contribution in [2.24, 2.45) is 7.05 Å². The number of benzene rings is 1. The van der Waals surface area contributed by atoms with Gasteiger partial charge >= 0.3 is 0 Å². The minimum absolute atomic E-state index is 0.270. The summed E-state index contributed by atoms with van der Waals surface area (Å²) in [6.07, 6.45) is 3.55. The van der Waals surface area contributed by atoms with Gasteiger partial charge in [-0.25, -0.2) is 4.98 Å². The molecule has 5 nitrogen and oxygen atoms in total. The summed E-state index contributed by atoms with van der Waals surface area (Å²) in [5.41, 5.74) is 3.64. The summed E-state index contributed by atoms with van der Waals surface area (Å²) >= 11 is 1.70. The molecule has 1 aliphatic rings. The molecule has 0 spiro atoms. The van der Waals surface area contributed by atoms with Gasteiger partial charge in [0.2, 0.25) is 5.91 Å². The van der Waals surface area contributed by atoms with Gasteiger partial charge in [-0.1, -0.05) is 18.2 Å². The number of amides is 1. The van der Waals surface area contributed by atoms with E-state index in [-0.39, 0.29) is 5.91 Å². The highest BCUT2D eigenvalue weighted by Gasteiger charge is 2.21. The SMILES string of the molecule is Cc1nc(CN2CCN(C(=O)CCc3cn(C)c4ccccc34)CC2)cs1. The first kappa shape index (κ1) is 18.2. The number of aryl methyl sites for hydroxylation is 3. The molecule has 0 radical (unpaired) electrons. The van der Waals surface area contributed by atoms with Crippen LogP contribution in [0.2, 0.25) is 0 Å². The molecule has 0 atom stereocenters. The molecule has 27 heavy (non-hydrogen) atoms. The van der Waals surface area contributed by atoms with E-state index in [1.807, 2.05) is 11.8 Å². The largest absolute Gasteiger partial charge is 0.350 e. The predicted molar refractivity (Wildman–Crippen MR) is 110 cm³/mol. The van der Waals surface area contributed by atoms with E-state index in [0.717, 1.165) is 49.8 Å². The van der Waals surface area contributed by atoms with Gasteiger partial charge in [-0.05, 0) is 25.0 Å². The van der Waals surface area contributed by atoms with Gasteiger partial charge in [0.25, 0.3) is 0 Å². The maximum absolute atomic E-state index is 12.7. The monoisotopic (exact) mass is 382 g/mol. The second kappa shape index (κ2) is 7.82. The molecule has 142 valence electrons. The molecule has 0 aliphatic carbocycles. The molecular formula is C21H26N4OS. The lowest BCUT2D eigenvalue weighted by molar-refractivity contribution is -0.133. The van der Waals surface area contributed by atoms with Crippen LogP contribution in [0.15, 0.2) is 35.8 Å². The van der Waals surface area contributed by atoms with Crippen LogP contribution in [0.1, 0.15) is 22.7 Å². The van der Waals surface area contributed by atoms with Gasteiger partial charge in [0, 0.05) is 68.7 Å². The highest BCUT2D eigenvalue weighted by molar-refractivity contribution is 7.09. The Morgan fingerprint density at radius 2 is 1.96 bits per heavy atom. The molecule has 0 saturated carbocycles. The van der Waals surface area contributed by atoms with Crippen LogP contribution in [-0.2, 0) is 24.8 Å². The Labute approximate surface area is 164 Å². The maximum atomic E-state index is 12.7. The zero-order valence-electron chi connectivity index (χ0n) is 16.0. The van der Waals surface area contributed by atoms with Crippen molar-refractivity contribution in [3.05, 3.63) is 52.1 Å². The van der Waals surface area contributed by atoms with Crippen molar-refractivity contribution in [3.63, 3.8) is 0 Å². The van der Waals surface area contributed by atoms with Crippen LogP contribution < -0.4 is 0 Å². The Bertz CT molecular complexity index is 937. The van der Waals surface area contributed by atoms with E-state index in [2.05, 4.69) is 57.3 Å². The van der Waals surface area contributed by atoms with Gasteiger partial charge in [0.1, 0.15) is 0 Å². The smallest absolute Gasteiger partial charge is 0.222 e. The topological polar surface area (TPSA) is 41.4 Å². The van der Waals surface area contributed by atoms with Crippen molar-refractivity contribution in [2.45, 2.75) is 26.3 Å². The van der Waals surface area contributed by atoms with Gasteiger partial charge in [-0.2, -0.15) is 0 Å². The van der Waals surface area contributed by atoms with Crippen molar-refractivity contribution in [3.8, 4) is 0 Å². The molecule has 0 bridgehead atoms. The van der Waals surface area contributed by atoms with Crippen molar-refractivity contribution in [1.29, 1.82) is 0 Å². The van der Waals surface area contributed by atoms with E-state index < -0.39 is 0 Å². The number of aromatic nitrogens is 2. The first-order valence-electron chi connectivity index (χ1n) is 9.54. The molecule has 4 rings (SSSR count).